The number of aromatic nitrogens is 6. The van der Waals surface area contributed by atoms with Crippen molar-refractivity contribution in [1.82, 2.24) is 34.0 Å². The van der Waals surface area contributed by atoms with Gasteiger partial charge in [-0.3, -0.25) is 9.20 Å². The van der Waals surface area contributed by atoms with Crippen LogP contribution >= 0.6 is 0 Å². The summed E-state index contributed by atoms with van der Waals surface area (Å²) in [5.74, 6) is 2.22. The Hall–Kier alpha value is -3.29. The second kappa shape index (κ2) is 7.69. The highest BCUT2D eigenvalue weighted by atomic mass is 16.2. The number of nitrogens with zero attached hydrogens (tertiary/aromatic N) is 7. The Kier molecular flexibility index (Phi) is 4.66. The zero-order chi connectivity index (χ0) is 21.7. The van der Waals surface area contributed by atoms with Gasteiger partial charge in [0.25, 0.3) is 5.91 Å². The molecular formula is C24H27N7O. The monoisotopic (exact) mass is 429 g/mol. The van der Waals surface area contributed by atoms with Crippen molar-refractivity contribution >= 4 is 22.7 Å². The standard InChI is InChI=1S/C24H27N7O/c1-16-14-18(21-23(25-16)30-12-5-2-3-9-19(30)26-21)24(32)29-11-7-8-17(15-29)22-28-27-20-10-4-6-13-31(20)22/h4,6,10,13-14,17H,2-3,5,7-9,11-12,15H2,1H3/t17-/m0/s1. The Labute approximate surface area is 186 Å². The van der Waals surface area contributed by atoms with E-state index in [0.29, 0.717) is 12.1 Å². The van der Waals surface area contributed by atoms with Gasteiger partial charge >= 0.3 is 0 Å². The lowest BCUT2D eigenvalue weighted by Crippen LogP contribution is -2.39. The summed E-state index contributed by atoms with van der Waals surface area (Å²) < 4.78 is 4.27. The van der Waals surface area contributed by atoms with Crippen molar-refractivity contribution in [3.63, 3.8) is 0 Å². The van der Waals surface area contributed by atoms with Crippen LogP contribution in [0.4, 0.5) is 0 Å². The Morgan fingerprint density at radius 1 is 1.06 bits per heavy atom. The third-order valence-electron chi connectivity index (χ3n) is 6.84. The number of hydrogen-bond acceptors (Lipinski definition) is 5. The first-order chi connectivity index (χ1) is 15.7. The average Bonchev–Trinajstić information content (AvgIpc) is 3.31. The fourth-order valence-electron chi connectivity index (χ4n) is 5.26. The lowest BCUT2D eigenvalue weighted by molar-refractivity contribution is 0.0706. The second-order valence-corrected chi connectivity index (χ2v) is 9.05. The number of hydrogen-bond donors (Lipinski definition) is 0. The quantitative estimate of drug-likeness (QED) is 0.487. The van der Waals surface area contributed by atoms with E-state index >= 15 is 0 Å². The molecule has 0 saturated carbocycles. The van der Waals surface area contributed by atoms with E-state index in [1.165, 1.54) is 6.42 Å². The maximum absolute atomic E-state index is 13.7. The molecular weight excluding hydrogens is 402 g/mol. The second-order valence-electron chi connectivity index (χ2n) is 9.05. The van der Waals surface area contributed by atoms with Crippen LogP contribution in [0.5, 0.6) is 0 Å². The molecule has 0 spiro atoms. The lowest BCUT2D eigenvalue weighted by atomic mass is 9.96. The highest BCUT2D eigenvalue weighted by Gasteiger charge is 2.30. The van der Waals surface area contributed by atoms with Gasteiger partial charge in [0.15, 0.2) is 11.3 Å². The summed E-state index contributed by atoms with van der Waals surface area (Å²) in [6.45, 7) is 4.29. The van der Waals surface area contributed by atoms with Crippen LogP contribution in [0.2, 0.25) is 0 Å². The number of piperidine rings is 1. The molecule has 0 unspecified atom stereocenters. The molecule has 1 fully saturated rings. The van der Waals surface area contributed by atoms with E-state index in [-0.39, 0.29) is 11.8 Å². The molecule has 0 radical (unpaired) electrons. The highest BCUT2D eigenvalue weighted by molar-refractivity contribution is 6.04. The number of rotatable bonds is 2. The summed E-state index contributed by atoms with van der Waals surface area (Å²) in [7, 11) is 0. The van der Waals surface area contributed by atoms with Crippen LogP contribution in [-0.4, -0.2) is 53.0 Å². The molecule has 1 amide bonds. The minimum atomic E-state index is 0.0484. The van der Waals surface area contributed by atoms with Crippen molar-refractivity contribution in [3.8, 4) is 0 Å². The van der Waals surface area contributed by atoms with Gasteiger partial charge in [0.05, 0.1) is 5.56 Å². The molecule has 1 saturated heterocycles. The summed E-state index contributed by atoms with van der Waals surface area (Å²) in [6, 6.07) is 7.83. The number of amides is 1. The number of imidazole rings is 1. The fourth-order valence-corrected chi connectivity index (χ4v) is 5.26. The van der Waals surface area contributed by atoms with Gasteiger partial charge in [-0.2, -0.15) is 0 Å². The van der Waals surface area contributed by atoms with E-state index in [9.17, 15) is 4.79 Å². The maximum atomic E-state index is 13.7. The van der Waals surface area contributed by atoms with Gasteiger partial charge in [-0.1, -0.05) is 12.5 Å². The number of aryl methyl sites for hydroxylation is 3. The Morgan fingerprint density at radius 3 is 2.94 bits per heavy atom. The van der Waals surface area contributed by atoms with Crippen LogP contribution in [-0.2, 0) is 13.0 Å². The van der Waals surface area contributed by atoms with Gasteiger partial charge in [-0.25, -0.2) is 9.97 Å². The highest BCUT2D eigenvalue weighted by Crippen LogP contribution is 2.29. The summed E-state index contributed by atoms with van der Waals surface area (Å²) >= 11 is 0. The molecule has 4 aromatic heterocycles. The third kappa shape index (κ3) is 3.16. The predicted molar refractivity (Wildman–Crippen MR) is 121 cm³/mol. The smallest absolute Gasteiger partial charge is 0.256 e. The molecule has 32 heavy (non-hydrogen) atoms. The molecule has 6 heterocycles. The van der Waals surface area contributed by atoms with Gasteiger partial charge < -0.3 is 9.47 Å². The summed E-state index contributed by atoms with van der Waals surface area (Å²) in [5, 5.41) is 8.76. The number of likely N-dealkylation sites (tertiary alicyclic amines) is 1. The molecule has 1 atom stereocenters. The zero-order valence-corrected chi connectivity index (χ0v) is 18.4. The minimum absolute atomic E-state index is 0.0484. The normalized spacial score (nSPS) is 19.3. The summed E-state index contributed by atoms with van der Waals surface area (Å²) in [5.41, 5.74) is 4.01. The van der Waals surface area contributed by atoms with Crippen molar-refractivity contribution in [1.29, 1.82) is 0 Å². The molecule has 164 valence electrons. The molecule has 0 aromatic carbocycles. The van der Waals surface area contributed by atoms with E-state index in [1.807, 2.05) is 46.7 Å². The average molecular weight is 430 g/mol. The lowest BCUT2D eigenvalue weighted by Gasteiger charge is -2.32. The molecule has 0 aliphatic carbocycles. The molecule has 8 nitrogen and oxygen atoms in total. The fraction of sp³-hybridized carbons (Fsp3) is 0.458. The Morgan fingerprint density at radius 2 is 2.00 bits per heavy atom. The molecule has 0 bridgehead atoms. The topological polar surface area (TPSA) is 81.2 Å². The van der Waals surface area contributed by atoms with E-state index in [1.54, 1.807) is 0 Å². The number of fused-ring (bicyclic) bond motifs is 4. The summed E-state index contributed by atoms with van der Waals surface area (Å²) in [4.78, 5) is 25.4. The van der Waals surface area contributed by atoms with Crippen LogP contribution in [0, 0.1) is 6.92 Å². The summed E-state index contributed by atoms with van der Waals surface area (Å²) in [6.07, 6.45) is 8.40. The van der Waals surface area contributed by atoms with E-state index < -0.39 is 0 Å². The molecule has 2 aliphatic heterocycles. The SMILES string of the molecule is Cc1cc(C(=O)N2CCC[C@H](c3nnc4ccccn34)C2)c2nc3n(c2n1)CCCCC3. The molecule has 4 aromatic rings. The van der Waals surface area contributed by atoms with Crippen LogP contribution in [0.1, 0.15) is 65.7 Å². The minimum Gasteiger partial charge on any atom is -0.338 e. The molecule has 0 N–H and O–H groups in total. The predicted octanol–water partition coefficient (Wildman–Crippen LogP) is 3.53. The van der Waals surface area contributed by atoms with Crippen LogP contribution in [0.15, 0.2) is 30.5 Å². The largest absolute Gasteiger partial charge is 0.338 e. The zero-order valence-electron chi connectivity index (χ0n) is 18.4. The first-order valence-corrected chi connectivity index (χ1v) is 11.6. The van der Waals surface area contributed by atoms with E-state index in [2.05, 4.69) is 14.8 Å². The number of carbonyl (C=O) groups excluding carboxylic acids is 1. The van der Waals surface area contributed by atoms with Crippen LogP contribution < -0.4 is 0 Å². The van der Waals surface area contributed by atoms with Crippen molar-refractivity contribution in [2.24, 2.45) is 0 Å². The third-order valence-corrected chi connectivity index (χ3v) is 6.84. The van der Waals surface area contributed by atoms with Gasteiger partial charge in [-0.15, -0.1) is 10.2 Å². The molecule has 8 heteroatoms. The van der Waals surface area contributed by atoms with Crippen LogP contribution in [0.3, 0.4) is 0 Å². The van der Waals surface area contributed by atoms with Crippen LogP contribution in [0.25, 0.3) is 16.8 Å². The van der Waals surface area contributed by atoms with E-state index in [0.717, 1.165) is 79.3 Å². The first kappa shape index (κ1) is 19.4. The maximum Gasteiger partial charge on any atom is 0.256 e. The Balaban J connectivity index is 1.35. The Bertz CT molecular complexity index is 1320. The van der Waals surface area contributed by atoms with Gasteiger partial charge in [0, 0.05) is 43.9 Å². The number of pyridine rings is 2. The molecule has 6 rings (SSSR count). The van der Waals surface area contributed by atoms with Gasteiger partial charge in [0.2, 0.25) is 0 Å². The van der Waals surface area contributed by atoms with Crippen molar-refractivity contribution < 1.29 is 4.79 Å². The number of carbonyl (C=O) groups is 1. The molecule has 2 aliphatic rings. The van der Waals surface area contributed by atoms with Gasteiger partial charge in [-0.05, 0) is 50.8 Å². The van der Waals surface area contributed by atoms with Crippen molar-refractivity contribution in [3.05, 3.63) is 53.4 Å². The van der Waals surface area contributed by atoms with Crippen molar-refractivity contribution in [2.45, 2.75) is 57.9 Å². The van der Waals surface area contributed by atoms with Gasteiger partial charge in [0.1, 0.15) is 17.2 Å². The first-order valence-electron chi connectivity index (χ1n) is 11.6. The van der Waals surface area contributed by atoms with Crippen molar-refractivity contribution in [2.75, 3.05) is 13.1 Å². The van der Waals surface area contributed by atoms with E-state index in [4.69, 9.17) is 9.97 Å².